The predicted molar refractivity (Wildman–Crippen MR) is 61.3 cm³/mol. The highest BCUT2D eigenvalue weighted by Gasteiger charge is 2.22. The smallest absolute Gasteiger partial charge is 0.431 e. The Morgan fingerprint density at radius 1 is 1.35 bits per heavy atom. The summed E-state index contributed by atoms with van der Waals surface area (Å²) >= 11 is 0. The number of carbonyl (C=O) groups is 2. The molecule has 1 aromatic rings. The first-order chi connectivity index (χ1) is 8.02. The Kier molecular flexibility index (Phi) is 4.62. The van der Waals surface area contributed by atoms with Crippen molar-refractivity contribution in [1.82, 2.24) is 5.01 Å². The predicted octanol–water partition coefficient (Wildman–Crippen LogP) is 0.373. The molecular weight excluding hydrogens is 222 g/mol. The molecule has 4 N–H and O–H groups in total. The standard InChI is InChI=1S/C11H15N3O3/c1-8(12)10(15)14(13)11(16)17-7-9-5-3-2-4-6-9/h2-6,8H,7,12-13H2,1H3/t8-/m0/s1. The van der Waals surface area contributed by atoms with Crippen molar-refractivity contribution in [3.05, 3.63) is 35.9 Å². The molecule has 6 heteroatoms. The number of hydrogen-bond donors (Lipinski definition) is 2. The minimum absolute atomic E-state index is 0.0552. The number of imide groups is 1. The zero-order valence-corrected chi connectivity index (χ0v) is 9.50. The van der Waals surface area contributed by atoms with Gasteiger partial charge in [0.1, 0.15) is 6.61 Å². The van der Waals surface area contributed by atoms with E-state index in [1.165, 1.54) is 6.92 Å². The molecule has 0 unspecified atom stereocenters. The number of rotatable bonds is 3. The van der Waals surface area contributed by atoms with Crippen molar-refractivity contribution >= 4 is 12.0 Å². The van der Waals surface area contributed by atoms with Gasteiger partial charge >= 0.3 is 6.09 Å². The van der Waals surface area contributed by atoms with Crippen molar-refractivity contribution in [2.75, 3.05) is 0 Å². The molecule has 92 valence electrons. The van der Waals surface area contributed by atoms with E-state index in [0.29, 0.717) is 5.01 Å². The molecule has 1 atom stereocenters. The van der Waals surface area contributed by atoms with Crippen LogP contribution in [0.15, 0.2) is 30.3 Å². The molecule has 0 saturated carbocycles. The van der Waals surface area contributed by atoms with E-state index in [2.05, 4.69) is 0 Å². The Morgan fingerprint density at radius 2 is 1.94 bits per heavy atom. The van der Waals surface area contributed by atoms with E-state index >= 15 is 0 Å². The van der Waals surface area contributed by atoms with Gasteiger partial charge in [0.05, 0.1) is 6.04 Å². The number of ether oxygens (including phenoxy) is 1. The minimum atomic E-state index is -0.920. The van der Waals surface area contributed by atoms with Gasteiger partial charge in [-0.05, 0) is 12.5 Å². The zero-order chi connectivity index (χ0) is 12.8. The second-order valence-electron chi connectivity index (χ2n) is 3.54. The molecule has 6 nitrogen and oxygen atoms in total. The van der Waals surface area contributed by atoms with E-state index in [1.807, 2.05) is 18.2 Å². The molecule has 0 bridgehead atoms. The van der Waals surface area contributed by atoms with E-state index < -0.39 is 18.0 Å². The van der Waals surface area contributed by atoms with Gasteiger partial charge in [0.25, 0.3) is 5.91 Å². The van der Waals surface area contributed by atoms with E-state index in [0.717, 1.165) is 5.56 Å². The summed E-state index contributed by atoms with van der Waals surface area (Å²) in [5.41, 5.74) is 6.11. The van der Waals surface area contributed by atoms with Crippen LogP contribution in [0.4, 0.5) is 4.79 Å². The Bertz CT molecular complexity index is 392. The highest BCUT2D eigenvalue weighted by atomic mass is 16.6. The van der Waals surface area contributed by atoms with Crippen LogP contribution in [-0.2, 0) is 16.1 Å². The summed E-state index contributed by atoms with van der Waals surface area (Å²) < 4.78 is 4.85. The van der Waals surface area contributed by atoms with Crippen LogP contribution in [0.2, 0.25) is 0 Å². The SMILES string of the molecule is C[C@H](N)C(=O)N(N)C(=O)OCc1ccccc1. The fourth-order valence-electron chi connectivity index (χ4n) is 1.10. The third-order valence-corrected chi connectivity index (χ3v) is 2.03. The first-order valence-corrected chi connectivity index (χ1v) is 5.07. The lowest BCUT2D eigenvalue weighted by molar-refractivity contribution is -0.130. The van der Waals surface area contributed by atoms with E-state index in [-0.39, 0.29) is 6.61 Å². The summed E-state index contributed by atoms with van der Waals surface area (Å²) in [5, 5.41) is 0.383. The van der Waals surface area contributed by atoms with Gasteiger partial charge in [-0.1, -0.05) is 30.3 Å². The maximum absolute atomic E-state index is 11.4. The molecule has 1 aromatic carbocycles. The van der Waals surface area contributed by atoms with Crippen molar-refractivity contribution in [1.29, 1.82) is 0 Å². The second kappa shape index (κ2) is 5.97. The molecule has 0 fully saturated rings. The molecule has 2 amide bonds. The van der Waals surface area contributed by atoms with Gasteiger partial charge in [-0.25, -0.2) is 10.6 Å². The van der Waals surface area contributed by atoms with Gasteiger partial charge in [-0.2, -0.15) is 5.01 Å². The third kappa shape index (κ3) is 3.86. The fraction of sp³-hybridized carbons (Fsp3) is 0.273. The molecule has 0 aliphatic heterocycles. The lowest BCUT2D eigenvalue weighted by Crippen LogP contribution is -2.49. The van der Waals surface area contributed by atoms with Crippen molar-refractivity contribution < 1.29 is 14.3 Å². The van der Waals surface area contributed by atoms with Gasteiger partial charge in [0.15, 0.2) is 0 Å². The number of hydrazine groups is 1. The number of nitrogens with two attached hydrogens (primary N) is 2. The maximum atomic E-state index is 11.4. The van der Waals surface area contributed by atoms with Crippen LogP contribution >= 0.6 is 0 Å². The summed E-state index contributed by atoms with van der Waals surface area (Å²) in [4.78, 5) is 22.6. The monoisotopic (exact) mass is 237 g/mol. The number of hydrogen-bond acceptors (Lipinski definition) is 5. The van der Waals surface area contributed by atoms with Crippen LogP contribution in [0, 0.1) is 0 Å². The Hall–Kier alpha value is -1.92. The van der Waals surface area contributed by atoms with Crippen LogP contribution < -0.4 is 11.6 Å². The molecular formula is C11H15N3O3. The summed E-state index contributed by atoms with van der Waals surface area (Å²) in [6.07, 6.45) is -0.920. The number of benzene rings is 1. The molecule has 0 heterocycles. The van der Waals surface area contributed by atoms with Crippen LogP contribution in [0.3, 0.4) is 0 Å². The number of nitrogens with zero attached hydrogens (tertiary/aromatic N) is 1. The minimum Gasteiger partial charge on any atom is -0.443 e. The van der Waals surface area contributed by atoms with Crippen LogP contribution in [0.5, 0.6) is 0 Å². The molecule has 17 heavy (non-hydrogen) atoms. The molecule has 1 rings (SSSR count). The fourth-order valence-corrected chi connectivity index (χ4v) is 1.10. The molecule has 0 saturated heterocycles. The van der Waals surface area contributed by atoms with Gasteiger partial charge in [0, 0.05) is 0 Å². The molecule has 0 radical (unpaired) electrons. The average Bonchev–Trinajstić information content (AvgIpc) is 2.35. The van der Waals surface area contributed by atoms with Crippen molar-refractivity contribution in [3.63, 3.8) is 0 Å². The van der Waals surface area contributed by atoms with Crippen molar-refractivity contribution in [2.45, 2.75) is 19.6 Å². The van der Waals surface area contributed by atoms with Crippen LogP contribution in [0.25, 0.3) is 0 Å². The van der Waals surface area contributed by atoms with Crippen LogP contribution in [0.1, 0.15) is 12.5 Å². The van der Waals surface area contributed by atoms with E-state index in [9.17, 15) is 9.59 Å². The Morgan fingerprint density at radius 3 is 2.47 bits per heavy atom. The molecule has 0 aromatic heterocycles. The quantitative estimate of drug-likeness (QED) is 0.449. The van der Waals surface area contributed by atoms with Gasteiger partial charge < -0.3 is 10.5 Å². The third-order valence-electron chi connectivity index (χ3n) is 2.03. The van der Waals surface area contributed by atoms with Gasteiger partial charge in [0.2, 0.25) is 0 Å². The van der Waals surface area contributed by atoms with E-state index in [1.54, 1.807) is 12.1 Å². The summed E-state index contributed by atoms with van der Waals surface area (Å²) in [5.74, 6) is 4.56. The largest absolute Gasteiger partial charge is 0.443 e. The lowest BCUT2D eigenvalue weighted by Gasteiger charge is -2.16. The zero-order valence-electron chi connectivity index (χ0n) is 9.50. The first-order valence-electron chi connectivity index (χ1n) is 5.07. The van der Waals surface area contributed by atoms with Gasteiger partial charge in [-0.15, -0.1) is 0 Å². The van der Waals surface area contributed by atoms with Crippen LogP contribution in [-0.4, -0.2) is 23.1 Å². The van der Waals surface area contributed by atoms with Crippen molar-refractivity contribution in [2.24, 2.45) is 11.6 Å². The second-order valence-corrected chi connectivity index (χ2v) is 3.54. The van der Waals surface area contributed by atoms with E-state index in [4.69, 9.17) is 16.3 Å². The number of amides is 2. The first kappa shape index (κ1) is 13.1. The Labute approximate surface area is 99.1 Å². The summed E-state index contributed by atoms with van der Waals surface area (Å²) in [6.45, 7) is 1.49. The average molecular weight is 237 g/mol. The number of carbonyl (C=O) groups excluding carboxylic acids is 2. The highest BCUT2D eigenvalue weighted by Crippen LogP contribution is 2.02. The Balaban J connectivity index is 2.48. The van der Waals surface area contributed by atoms with Gasteiger partial charge in [-0.3, -0.25) is 4.79 Å². The maximum Gasteiger partial charge on any atom is 0.431 e. The molecule has 0 spiro atoms. The van der Waals surface area contributed by atoms with Crippen molar-refractivity contribution in [3.8, 4) is 0 Å². The normalized spacial score (nSPS) is 11.7. The lowest BCUT2D eigenvalue weighted by atomic mass is 10.2. The molecule has 0 aliphatic rings. The summed E-state index contributed by atoms with van der Waals surface area (Å²) in [6, 6.07) is 8.22. The topological polar surface area (TPSA) is 98.7 Å². The molecule has 0 aliphatic carbocycles. The summed E-state index contributed by atoms with van der Waals surface area (Å²) in [7, 11) is 0. The highest BCUT2D eigenvalue weighted by molar-refractivity contribution is 5.93.